The van der Waals surface area contributed by atoms with Crippen LogP contribution in [0.1, 0.15) is 71.1 Å². The monoisotopic (exact) mass is 541 g/mol. The molecule has 0 unspecified atom stereocenters. The second-order valence-electron chi connectivity index (χ2n) is 9.26. The first-order valence-electron chi connectivity index (χ1n) is 13.2. The normalized spacial score (nSPS) is 11.7. The molecule has 37 heavy (non-hydrogen) atoms. The molecule has 3 aromatic rings. The van der Waals surface area contributed by atoms with Gasteiger partial charge in [-0.15, -0.1) is 11.3 Å². The van der Waals surface area contributed by atoms with Crippen molar-refractivity contribution in [2.24, 2.45) is 10.2 Å². The van der Waals surface area contributed by atoms with Crippen LogP contribution >= 0.6 is 11.3 Å². The number of sulfonamides is 1. The third-order valence-corrected chi connectivity index (χ3v) is 8.39. The summed E-state index contributed by atoms with van der Waals surface area (Å²) in [5, 5.41) is 10.6. The van der Waals surface area contributed by atoms with Crippen molar-refractivity contribution in [1.29, 1.82) is 0 Å². The smallest absolute Gasteiger partial charge is 0.263 e. The van der Waals surface area contributed by atoms with Crippen LogP contribution in [0.5, 0.6) is 0 Å². The van der Waals surface area contributed by atoms with Gasteiger partial charge in [0.05, 0.1) is 16.3 Å². The Morgan fingerprint density at radius 2 is 1.35 bits per heavy atom. The van der Waals surface area contributed by atoms with E-state index in [4.69, 9.17) is 0 Å². The van der Waals surface area contributed by atoms with Gasteiger partial charge in [0.15, 0.2) is 5.13 Å². The van der Waals surface area contributed by atoms with Gasteiger partial charge in [0, 0.05) is 30.9 Å². The van der Waals surface area contributed by atoms with Crippen molar-refractivity contribution in [3.63, 3.8) is 0 Å². The Morgan fingerprint density at radius 1 is 0.811 bits per heavy atom. The molecule has 0 radical (unpaired) electrons. The number of hydrogen-bond acceptors (Lipinski definition) is 7. The molecule has 0 amide bonds. The minimum absolute atomic E-state index is 0.149. The molecule has 0 aliphatic carbocycles. The summed E-state index contributed by atoms with van der Waals surface area (Å²) in [6.45, 7) is 3.31. The minimum atomic E-state index is -3.68. The Labute approximate surface area is 226 Å². The van der Waals surface area contributed by atoms with Gasteiger partial charge >= 0.3 is 0 Å². The Kier molecular flexibility index (Phi) is 12.0. The lowest BCUT2D eigenvalue weighted by atomic mass is 10.1. The van der Waals surface area contributed by atoms with Crippen molar-refractivity contribution < 1.29 is 8.42 Å². The van der Waals surface area contributed by atoms with Crippen LogP contribution in [-0.4, -0.2) is 27.0 Å². The number of benzene rings is 2. The third-order valence-electron chi connectivity index (χ3n) is 6.22. The summed E-state index contributed by atoms with van der Waals surface area (Å²) in [6.07, 6.45) is 15.0. The van der Waals surface area contributed by atoms with Crippen LogP contribution in [0.2, 0.25) is 0 Å². The number of nitrogens with zero attached hydrogens (tertiary/aromatic N) is 4. The lowest BCUT2D eigenvalue weighted by molar-refractivity contribution is 0.556. The Hall–Kier alpha value is -2.78. The molecule has 0 atom stereocenters. The average molecular weight is 542 g/mol. The van der Waals surface area contributed by atoms with Gasteiger partial charge in [0.2, 0.25) is 0 Å². The molecule has 200 valence electrons. The lowest BCUT2D eigenvalue weighted by Crippen LogP contribution is -2.18. The highest BCUT2D eigenvalue weighted by molar-refractivity contribution is 7.93. The van der Waals surface area contributed by atoms with E-state index in [0.29, 0.717) is 10.8 Å². The SMILES string of the molecule is CCCCCCCCCCCCN(C)c1ccc(N=Nc2ccc(S(=O)(=O)Nc3nccs3)cc2)cc1. The summed E-state index contributed by atoms with van der Waals surface area (Å²) < 4.78 is 27.3. The molecule has 1 aromatic heterocycles. The van der Waals surface area contributed by atoms with Gasteiger partial charge in [0.1, 0.15) is 0 Å². The van der Waals surface area contributed by atoms with E-state index < -0.39 is 10.0 Å². The number of aromatic nitrogens is 1. The number of unbranched alkanes of at least 4 members (excludes halogenated alkanes) is 9. The largest absolute Gasteiger partial charge is 0.375 e. The summed E-state index contributed by atoms with van der Waals surface area (Å²) in [5.74, 6) is 0. The highest BCUT2D eigenvalue weighted by Crippen LogP contribution is 2.24. The van der Waals surface area contributed by atoms with Crippen molar-refractivity contribution in [1.82, 2.24) is 4.98 Å². The molecule has 0 fully saturated rings. The third kappa shape index (κ3) is 10.2. The van der Waals surface area contributed by atoms with Gasteiger partial charge in [-0.25, -0.2) is 13.4 Å². The van der Waals surface area contributed by atoms with E-state index in [1.807, 2.05) is 12.1 Å². The molecule has 0 saturated heterocycles. The number of azo groups is 1. The Balaban J connectivity index is 1.39. The van der Waals surface area contributed by atoms with Crippen molar-refractivity contribution in [2.75, 3.05) is 23.2 Å². The minimum Gasteiger partial charge on any atom is -0.375 e. The second kappa shape index (κ2) is 15.5. The molecule has 1 heterocycles. The molecule has 0 bridgehead atoms. The topological polar surface area (TPSA) is 87.0 Å². The van der Waals surface area contributed by atoms with Gasteiger partial charge < -0.3 is 4.90 Å². The predicted molar refractivity (Wildman–Crippen MR) is 155 cm³/mol. The maximum atomic E-state index is 12.4. The fraction of sp³-hybridized carbons (Fsp3) is 0.464. The fourth-order valence-electron chi connectivity index (χ4n) is 3.99. The van der Waals surface area contributed by atoms with Crippen LogP contribution in [0.15, 0.2) is 75.2 Å². The van der Waals surface area contributed by atoms with E-state index in [-0.39, 0.29) is 4.90 Å². The second-order valence-corrected chi connectivity index (χ2v) is 11.8. The summed E-state index contributed by atoms with van der Waals surface area (Å²) in [5.41, 5.74) is 2.49. The molecule has 0 aliphatic heterocycles. The molecule has 3 rings (SSSR count). The van der Waals surface area contributed by atoms with Crippen LogP contribution < -0.4 is 9.62 Å². The highest BCUT2D eigenvalue weighted by atomic mass is 32.2. The molecule has 0 saturated carbocycles. The quantitative estimate of drug-likeness (QED) is 0.137. The van der Waals surface area contributed by atoms with Gasteiger partial charge in [-0.05, 0) is 55.0 Å². The van der Waals surface area contributed by atoms with Crippen molar-refractivity contribution in [3.05, 3.63) is 60.1 Å². The average Bonchev–Trinajstić information content (AvgIpc) is 3.41. The van der Waals surface area contributed by atoms with E-state index in [0.717, 1.165) is 17.9 Å². The van der Waals surface area contributed by atoms with Gasteiger partial charge in [-0.2, -0.15) is 10.2 Å². The zero-order valence-electron chi connectivity index (χ0n) is 22.0. The molecule has 7 nitrogen and oxygen atoms in total. The van der Waals surface area contributed by atoms with E-state index in [1.54, 1.807) is 23.7 Å². The standard InChI is InChI=1S/C28H39N5O2S2/c1-3-4-5-6-7-8-9-10-11-12-22-33(2)26-17-13-24(14-18-26)30-31-25-15-19-27(20-16-25)37(34,35)32-28-29-21-23-36-28/h13-21,23H,3-12,22H2,1-2H3,(H,29,32). The van der Waals surface area contributed by atoms with E-state index in [9.17, 15) is 8.42 Å². The fourth-order valence-corrected chi connectivity index (χ4v) is 5.78. The zero-order valence-corrected chi connectivity index (χ0v) is 23.6. The van der Waals surface area contributed by atoms with E-state index in [2.05, 4.69) is 50.9 Å². The van der Waals surface area contributed by atoms with Crippen LogP contribution in [-0.2, 0) is 10.0 Å². The molecular weight excluding hydrogens is 502 g/mol. The zero-order chi connectivity index (χ0) is 26.3. The first-order valence-corrected chi connectivity index (χ1v) is 15.6. The van der Waals surface area contributed by atoms with Gasteiger partial charge in [-0.1, -0.05) is 64.7 Å². The Morgan fingerprint density at radius 3 is 1.89 bits per heavy atom. The van der Waals surface area contributed by atoms with Crippen LogP contribution in [0.25, 0.3) is 0 Å². The number of thiazole rings is 1. The number of hydrogen-bond donors (Lipinski definition) is 1. The summed E-state index contributed by atoms with van der Waals surface area (Å²) in [4.78, 5) is 6.39. The molecular formula is C28H39N5O2S2. The Bertz CT molecular complexity index is 1160. The van der Waals surface area contributed by atoms with Crippen molar-refractivity contribution in [2.45, 2.75) is 76.0 Å². The molecule has 1 N–H and O–H groups in total. The number of nitrogens with one attached hydrogen (secondary N) is 1. The van der Waals surface area contributed by atoms with Crippen LogP contribution in [0, 0.1) is 0 Å². The maximum Gasteiger partial charge on any atom is 0.263 e. The predicted octanol–water partition coefficient (Wildman–Crippen LogP) is 8.72. The lowest BCUT2D eigenvalue weighted by Gasteiger charge is -2.19. The summed E-state index contributed by atoms with van der Waals surface area (Å²) in [7, 11) is -1.55. The van der Waals surface area contributed by atoms with Crippen LogP contribution in [0.3, 0.4) is 0 Å². The van der Waals surface area contributed by atoms with Crippen molar-refractivity contribution in [3.8, 4) is 0 Å². The maximum absolute atomic E-state index is 12.4. The summed E-state index contributed by atoms with van der Waals surface area (Å²) >= 11 is 1.23. The first kappa shape index (κ1) is 28.8. The van der Waals surface area contributed by atoms with E-state index in [1.165, 1.54) is 87.7 Å². The molecule has 9 heteroatoms. The number of anilines is 2. The van der Waals surface area contributed by atoms with Gasteiger partial charge in [-0.3, -0.25) is 4.72 Å². The number of rotatable bonds is 17. The van der Waals surface area contributed by atoms with E-state index >= 15 is 0 Å². The highest BCUT2D eigenvalue weighted by Gasteiger charge is 2.15. The first-order chi connectivity index (χ1) is 18.0. The van der Waals surface area contributed by atoms with Crippen molar-refractivity contribution >= 4 is 43.6 Å². The molecule has 0 aliphatic rings. The van der Waals surface area contributed by atoms with Gasteiger partial charge in [0.25, 0.3) is 10.0 Å². The van der Waals surface area contributed by atoms with Crippen LogP contribution in [0.4, 0.5) is 22.2 Å². The summed E-state index contributed by atoms with van der Waals surface area (Å²) in [6, 6.07) is 14.3. The molecule has 2 aromatic carbocycles. The molecule has 0 spiro atoms.